The van der Waals surface area contributed by atoms with Crippen molar-refractivity contribution in [2.24, 2.45) is 0 Å². The molecule has 0 aliphatic rings. The Labute approximate surface area is 197 Å². The number of methoxy groups -OCH3 is 2. The summed E-state index contributed by atoms with van der Waals surface area (Å²) in [7, 11) is 4.84. The summed E-state index contributed by atoms with van der Waals surface area (Å²) < 4.78 is 12.3. The Morgan fingerprint density at radius 2 is 1.68 bits per heavy atom. The van der Waals surface area contributed by atoms with Gasteiger partial charge in [0.2, 0.25) is 0 Å². The molecule has 0 bridgehead atoms. The smallest absolute Gasteiger partial charge is 0.259 e. The van der Waals surface area contributed by atoms with E-state index in [4.69, 9.17) is 9.47 Å². The first-order chi connectivity index (χ1) is 16.4. The molecule has 0 atom stereocenters. The minimum absolute atomic E-state index is 0.207. The van der Waals surface area contributed by atoms with Crippen LogP contribution in [0, 0.1) is 0 Å². The summed E-state index contributed by atoms with van der Waals surface area (Å²) in [5.41, 5.74) is 2.94. The summed E-state index contributed by atoms with van der Waals surface area (Å²) in [6, 6.07) is 17.6. The molecule has 0 saturated carbocycles. The van der Waals surface area contributed by atoms with E-state index >= 15 is 0 Å². The van der Waals surface area contributed by atoms with Gasteiger partial charge in [0.25, 0.3) is 11.8 Å². The zero-order valence-electron chi connectivity index (χ0n) is 19.5. The number of benzene rings is 2. The highest BCUT2D eigenvalue weighted by Crippen LogP contribution is 2.26. The fraction of sp³-hybridized carbons (Fsp3) is 0.192. The van der Waals surface area contributed by atoms with Crippen LogP contribution < -0.4 is 19.7 Å². The van der Waals surface area contributed by atoms with E-state index in [2.05, 4.69) is 10.3 Å². The molecule has 174 valence electrons. The highest BCUT2D eigenvalue weighted by Gasteiger charge is 2.22. The quantitative estimate of drug-likeness (QED) is 0.443. The zero-order valence-corrected chi connectivity index (χ0v) is 19.5. The fourth-order valence-electron chi connectivity index (χ4n) is 3.76. The van der Waals surface area contributed by atoms with Gasteiger partial charge in [0, 0.05) is 30.6 Å². The van der Waals surface area contributed by atoms with E-state index in [-0.39, 0.29) is 11.8 Å². The van der Waals surface area contributed by atoms with Crippen LogP contribution in [0.25, 0.3) is 5.65 Å². The van der Waals surface area contributed by atoms with E-state index in [0.717, 1.165) is 5.69 Å². The van der Waals surface area contributed by atoms with Crippen molar-refractivity contribution < 1.29 is 19.1 Å². The topological polar surface area (TPSA) is 85.2 Å². The van der Waals surface area contributed by atoms with Crippen molar-refractivity contribution in [2.45, 2.75) is 13.3 Å². The van der Waals surface area contributed by atoms with Crippen molar-refractivity contribution in [1.82, 2.24) is 9.38 Å². The highest BCUT2D eigenvalue weighted by atomic mass is 16.5. The Morgan fingerprint density at radius 1 is 0.971 bits per heavy atom. The lowest BCUT2D eigenvalue weighted by Crippen LogP contribution is -2.28. The summed E-state index contributed by atoms with van der Waals surface area (Å²) in [6.45, 7) is 1.98. The van der Waals surface area contributed by atoms with Gasteiger partial charge in [-0.2, -0.15) is 0 Å². The summed E-state index contributed by atoms with van der Waals surface area (Å²) in [6.07, 6.45) is 2.32. The number of fused-ring (bicyclic) bond motifs is 1. The largest absolute Gasteiger partial charge is 0.497 e. The Bertz CT molecular complexity index is 1360. The number of aryl methyl sites for hydroxylation is 1. The third kappa shape index (κ3) is 4.43. The first-order valence-corrected chi connectivity index (χ1v) is 10.8. The molecule has 2 heterocycles. The number of pyridine rings is 1. The second kappa shape index (κ2) is 9.66. The molecule has 0 unspecified atom stereocenters. The molecule has 2 amide bonds. The second-order valence-corrected chi connectivity index (χ2v) is 7.66. The summed E-state index contributed by atoms with van der Waals surface area (Å²) >= 11 is 0. The van der Waals surface area contributed by atoms with Gasteiger partial charge < -0.3 is 14.8 Å². The van der Waals surface area contributed by atoms with Crippen LogP contribution in [0.4, 0.5) is 11.5 Å². The van der Waals surface area contributed by atoms with Crippen molar-refractivity contribution in [3.05, 3.63) is 83.7 Å². The van der Waals surface area contributed by atoms with Crippen LogP contribution in [-0.2, 0) is 6.42 Å². The van der Waals surface area contributed by atoms with Gasteiger partial charge in [0.1, 0.15) is 23.0 Å². The molecular weight excluding hydrogens is 432 g/mol. The van der Waals surface area contributed by atoms with Crippen molar-refractivity contribution in [3.63, 3.8) is 0 Å². The normalized spacial score (nSPS) is 10.7. The molecule has 0 aliphatic carbocycles. The number of rotatable bonds is 7. The van der Waals surface area contributed by atoms with Gasteiger partial charge in [-0.15, -0.1) is 0 Å². The molecule has 0 radical (unpaired) electrons. The number of hydrogen-bond donors (Lipinski definition) is 1. The second-order valence-electron chi connectivity index (χ2n) is 7.66. The number of hydrogen-bond acceptors (Lipinski definition) is 5. The van der Waals surface area contributed by atoms with Crippen LogP contribution in [-0.4, -0.2) is 42.5 Å². The molecule has 0 spiro atoms. The lowest BCUT2D eigenvalue weighted by molar-refractivity contribution is 0.0990. The Balaban J connectivity index is 1.69. The minimum Gasteiger partial charge on any atom is -0.497 e. The van der Waals surface area contributed by atoms with Crippen LogP contribution in [0.15, 0.2) is 66.9 Å². The Kier molecular flexibility index (Phi) is 6.49. The van der Waals surface area contributed by atoms with Gasteiger partial charge in [-0.25, -0.2) is 4.98 Å². The fourth-order valence-corrected chi connectivity index (χ4v) is 3.76. The predicted molar refractivity (Wildman–Crippen MR) is 131 cm³/mol. The number of nitrogens with one attached hydrogen (secondary N) is 1. The third-order valence-corrected chi connectivity index (χ3v) is 5.53. The van der Waals surface area contributed by atoms with Gasteiger partial charge in [-0.1, -0.05) is 19.1 Å². The van der Waals surface area contributed by atoms with Crippen molar-refractivity contribution >= 4 is 29.0 Å². The number of amides is 2. The number of ether oxygens (including phenoxy) is 2. The Morgan fingerprint density at radius 3 is 2.38 bits per heavy atom. The number of aromatic nitrogens is 2. The molecule has 2 aromatic heterocycles. The van der Waals surface area contributed by atoms with E-state index in [1.54, 1.807) is 97.4 Å². The molecule has 1 N–H and O–H groups in total. The zero-order chi connectivity index (χ0) is 24.2. The van der Waals surface area contributed by atoms with E-state index in [9.17, 15) is 9.59 Å². The molecule has 0 aliphatic heterocycles. The predicted octanol–water partition coefficient (Wildman–Crippen LogP) is 4.44. The monoisotopic (exact) mass is 458 g/mol. The van der Waals surface area contributed by atoms with Crippen molar-refractivity contribution in [1.29, 1.82) is 0 Å². The van der Waals surface area contributed by atoms with Gasteiger partial charge in [0.05, 0.1) is 25.5 Å². The first-order valence-electron chi connectivity index (χ1n) is 10.8. The number of anilines is 2. The van der Waals surface area contributed by atoms with Gasteiger partial charge in [-0.3, -0.25) is 18.9 Å². The average molecular weight is 459 g/mol. The number of imidazole rings is 1. The molecule has 8 heteroatoms. The minimum atomic E-state index is -0.283. The van der Waals surface area contributed by atoms with E-state index in [0.29, 0.717) is 46.2 Å². The van der Waals surface area contributed by atoms with E-state index in [1.807, 2.05) is 6.92 Å². The van der Waals surface area contributed by atoms with Crippen LogP contribution in [0.5, 0.6) is 11.5 Å². The summed E-state index contributed by atoms with van der Waals surface area (Å²) in [4.78, 5) is 32.5. The summed E-state index contributed by atoms with van der Waals surface area (Å²) in [5, 5.41) is 2.88. The lowest BCUT2D eigenvalue weighted by Gasteiger charge is -2.19. The molecule has 34 heavy (non-hydrogen) atoms. The van der Waals surface area contributed by atoms with Gasteiger partial charge in [-0.05, 0) is 48.9 Å². The highest BCUT2D eigenvalue weighted by molar-refractivity contribution is 6.06. The SMILES string of the molecule is CCc1nc2ccc(C(=O)Nc3cccc(OC)c3)cn2c1N(C)C(=O)c1cccc(OC)c1. The molecule has 2 aromatic carbocycles. The van der Waals surface area contributed by atoms with Crippen molar-refractivity contribution in [3.8, 4) is 11.5 Å². The van der Waals surface area contributed by atoms with Crippen LogP contribution in [0.3, 0.4) is 0 Å². The average Bonchev–Trinajstić information content (AvgIpc) is 3.25. The van der Waals surface area contributed by atoms with Crippen LogP contribution in [0.2, 0.25) is 0 Å². The maximum atomic E-state index is 13.3. The first kappa shape index (κ1) is 22.8. The number of carbonyl (C=O) groups excluding carboxylic acids is 2. The maximum absolute atomic E-state index is 13.3. The van der Waals surface area contributed by atoms with E-state index in [1.165, 1.54) is 0 Å². The molecular formula is C26H26N4O4. The lowest BCUT2D eigenvalue weighted by atomic mass is 10.2. The number of nitrogens with zero attached hydrogens (tertiary/aromatic N) is 3. The number of carbonyl (C=O) groups is 2. The van der Waals surface area contributed by atoms with Gasteiger partial charge in [0.15, 0.2) is 0 Å². The third-order valence-electron chi connectivity index (χ3n) is 5.53. The van der Waals surface area contributed by atoms with Crippen LogP contribution in [0.1, 0.15) is 33.3 Å². The maximum Gasteiger partial charge on any atom is 0.259 e. The molecule has 4 aromatic rings. The molecule has 8 nitrogen and oxygen atoms in total. The Hall–Kier alpha value is -4.33. The van der Waals surface area contributed by atoms with E-state index < -0.39 is 0 Å². The standard InChI is InChI=1S/C26H26N4O4/c1-5-22-25(29(2)26(32)17-8-6-10-20(14-17)33-3)30-16-18(12-13-23(30)28-22)24(31)27-19-9-7-11-21(15-19)34-4/h6-16H,5H2,1-4H3,(H,27,31). The molecule has 0 saturated heterocycles. The summed E-state index contributed by atoms with van der Waals surface area (Å²) in [5.74, 6) is 1.37. The van der Waals surface area contributed by atoms with Crippen molar-refractivity contribution in [2.75, 3.05) is 31.5 Å². The van der Waals surface area contributed by atoms with Crippen LogP contribution >= 0.6 is 0 Å². The van der Waals surface area contributed by atoms with Gasteiger partial charge >= 0.3 is 0 Å². The molecule has 0 fully saturated rings. The molecule has 4 rings (SSSR count).